The number of aromatic amines is 1. The third kappa shape index (κ3) is 2.79. The molecule has 1 unspecified atom stereocenters. The van der Waals surface area contributed by atoms with Crippen LogP contribution in [0.1, 0.15) is 29.9 Å². The lowest BCUT2D eigenvalue weighted by Gasteiger charge is -2.31. The van der Waals surface area contributed by atoms with E-state index in [1.165, 1.54) is 0 Å². The summed E-state index contributed by atoms with van der Waals surface area (Å²) < 4.78 is 0. The highest BCUT2D eigenvalue weighted by Gasteiger charge is 2.24. The number of H-pyrrole nitrogens is 1. The molecular formula is C17H16ClN5O. The minimum atomic E-state index is -0.138. The molecule has 0 spiro atoms. The minimum absolute atomic E-state index is 0.138. The molecule has 1 aliphatic heterocycles. The van der Waals surface area contributed by atoms with Crippen LogP contribution in [0, 0.1) is 0 Å². The minimum Gasteiger partial charge on any atom is -0.309 e. The molecule has 0 saturated heterocycles. The van der Waals surface area contributed by atoms with Crippen LogP contribution in [0.25, 0.3) is 10.9 Å². The van der Waals surface area contributed by atoms with Crippen molar-refractivity contribution < 1.29 is 0 Å². The molecule has 4 rings (SSSR count). The van der Waals surface area contributed by atoms with E-state index in [4.69, 9.17) is 11.6 Å². The molecule has 0 fully saturated rings. The van der Waals surface area contributed by atoms with Crippen molar-refractivity contribution in [3.05, 3.63) is 63.2 Å². The van der Waals surface area contributed by atoms with Crippen LogP contribution in [0.5, 0.6) is 0 Å². The zero-order valence-corrected chi connectivity index (χ0v) is 13.9. The summed E-state index contributed by atoms with van der Waals surface area (Å²) in [5.41, 5.74) is 2.71. The number of nitrogens with one attached hydrogen (secondary N) is 1. The number of fused-ring (bicyclic) bond motifs is 2. The SMILES string of the molecule is CC1CN(Cc2nc3cc(Cl)ccc3c(=O)[nH]2)Cc2cncnc21. The van der Waals surface area contributed by atoms with E-state index >= 15 is 0 Å². The van der Waals surface area contributed by atoms with E-state index in [1.54, 1.807) is 24.5 Å². The number of rotatable bonds is 2. The Balaban J connectivity index is 1.64. The molecule has 0 bridgehead atoms. The summed E-state index contributed by atoms with van der Waals surface area (Å²) in [6, 6.07) is 5.12. The number of nitrogens with zero attached hydrogens (tertiary/aromatic N) is 4. The normalized spacial score (nSPS) is 17.8. The summed E-state index contributed by atoms with van der Waals surface area (Å²) in [6.45, 7) is 4.32. The fourth-order valence-electron chi connectivity index (χ4n) is 3.28. The lowest BCUT2D eigenvalue weighted by atomic mass is 9.97. The molecular weight excluding hydrogens is 326 g/mol. The Morgan fingerprint density at radius 3 is 3.17 bits per heavy atom. The first-order valence-corrected chi connectivity index (χ1v) is 8.17. The van der Waals surface area contributed by atoms with Gasteiger partial charge in [0.25, 0.3) is 5.56 Å². The third-order valence-corrected chi connectivity index (χ3v) is 4.54. The van der Waals surface area contributed by atoms with Crippen molar-refractivity contribution in [1.29, 1.82) is 0 Å². The van der Waals surface area contributed by atoms with Crippen LogP contribution in [0.2, 0.25) is 5.02 Å². The molecule has 1 N–H and O–H groups in total. The van der Waals surface area contributed by atoms with Gasteiger partial charge in [0, 0.05) is 35.8 Å². The molecule has 1 aromatic carbocycles. The number of halogens is 1. The van der Waals surface area contributed by atoms with Crippen molar-refractivity contribution in [3.63, 3.8) is 0 Å². The van der Waals surface area contributed by atoms with Crippen LogP contribution in [-0.2, 0) is 13.1 Å². The fourth-order valence-corrected chi connectivity index (χ4v) is 3.45. The molecule has 0 amide bonds. The zero-order chi connectivity index (χ0) is 16.7. The van der Waals surface area contributed by atoms with Gasteiger partial charge in [-0.2, -0.15) is 0 Å². The second kappa shape index (κ2) is 5.96. The van der Waals surface area contributed by atoms with Crippen molar-refractivity contribution in [2.75, 3.05) is 6.54 Å². The molecule has 1 atom stereocenters. The van der Waals surface area contributed by atoms with Gasteiger partial charge in [-0.1, -0.05) is 18.5 Å². The highest BCUT2D eigenvalue weighted by atomic mass is 35.5. The van der Waals surface area contributed by atoms with E-state index in [0.29, 0.717) is 34.2 Å². The maximum atomic E-state index is 12.2. The summed E-state index contributed by atoms with van der Waals surface area (Å²) in [5.74, 6) is 0.959. The molecule has 3 heterocycles. The van der Waals surface area contributed by atoms with Crippen LogP contribution < -0.4 is 5.56 Å². The summed E-state index contributed by atoms with van der Waals surface area (Å²) in [7, 11) is 0. The number of hydrogen-bond donors (Lipinski definition) is 1. The van der Waals surface area contributed by atoms with E-state index in [1.807, 2.05) is 6.20 Å². The molecule has 24 heavy (non-hydrogen) atoms. The van der Waals surface area contributed by atoms with Crippen molar-refractivity contribution in [3.8, 4) is 0 Å². The van der Waals surface area contributed by atoms with Gasteiger partial charge in [0.2, 0.25) is 0 Å². The summed E-state index contributed by atoms with van der Waals surface area (Å²) >= 11 is 6.01. The summed E-state index contributed by atoms with van der Waals surface area (Å²) in [6.07, 6.45) is 3.46. The van der Waals surface area contributed by atoms with Gasteiger partial charge < -0.3 is 4.98 Å². The summed E-state index contributed by atoms with van der Waals surface area (Å²) in [4.78, 5) is 30.4. The molecule has 122 valence electrons. The third-order valence-electron chi connectivity index (χ3n) is 4.31. The number of hydrogen-bond acceptors (Lipinski definition) is 5. The molecule has 7 heteroatoms. The number of benzene rings is 1. The Morgan fingerprint density at radius 2 is 2.29 bits per heavy atom. The zero-order valence-electron chi connectivity index (χ0n) is 13.2. The molecule has 0 radical (unpaired) electrons. The Hall–Kier alpha value is -2.31. The predicted octanol–water partition coefficient (Wildman–Crippen LogP) is 2.49. The van der Waals surface area contributed by atoms with Crippen LogP contribution >= 0.6 is 11.6 Å². The topological polar surface area (TPSA) is 74.8 Å². The van der Waals surface area contributed by atoms with Gasteiger partial charge in [-0.05, 0) is 18.2 Å². The maximum absolute atomic E-state index is 12.2. The van der Waals surface area contributed by atoms with Crippen LogP contribution in [0.3, 0.4) is 0 Å². The van der Waals surface area contributed by atoms with Crippen LogP contribution in [-0.4, -0.2) is 31.4 Å². The predicted molar refractivity (Wildman–Crippen MR) is 91.9 cm³/mol. The lowest BCUT2D eigenvalue weighted by Crippen LogP contribution is -2.34. The van der Waals surface area contributed by atoms with Crippen molar-refractivity contribution in [1.82, 2.24) is 24.8 Å². The van der Waals surface area contributed by atoms with Gasteiger partial charge >= 0.3 is 0 Å². The Bertz CT molecular complexity index is 971. The second-order valence-corrected chi connectivity index (χ2v) is 6.61. The molecule has 0 saturated carbocycles. The molecule has 2 aromatic heterocycles. The standard InChI is InChI=1S/C17H16ClN5O/c1-10-6-23(7-11-5-19-9-20-16(10)11)8-15-21-14-4-12(18)2-3-13(14)17(24)22-15/h2-5,9-10H,6-8H2,1H3,(H,21,22,24). The van der Waals surface area contributed by atoms with E-state index in [9.17, 15) is 4.79 Å². The van der Waals surface area contributed by atoms with E-state index < -0.39 is 0 Å². The Labute approximate surface area is 143 Å². The van der Waals surface area contributed by atoms with Gasteiger partial charge in [-0.3, -0.25) is 9.69 Å². The van der Waals surface area contributed by atoms with Crippen molar-refractivity contribution in [2.24, 2.45) is 0 Å². The summed E-state index contributed by atoms with van der Waals surface area (Å²) in [5, 5.41) is 1.12. The lowest BCUT2D eigenvalue weighted by molar-refractivity contribution is 0.218. The largest absolute Gasteiger partial charge is 0.309 e. The number of aromatic nitrogens is 4. The molecule has 0 aliphatic carbocycles. The van der Waals surface area contributed by atoms with Gasteiger partial charge in [0.1, 0.15) is 12.2 Å². The van der Waals surface area contributed by atoms with Crippen LogP contribution in [0.4, 0.5) is 0 Å². The van der Waals surface area contributed by atoms with Crippen molar-refractivity contribution in [2.45, 2.75) is 25.9 Å². The monoisotopic (exact) mass is 341 g/mol. The van der Waals surface area contributed by atoms with E-state index in [2.05, 4.69) is 31.8 Å². The van der Waals surface area contributed by atoms with Gasteiger partial charge in [-0.15, -0.1) is 0 Å². The second-order valence-electron chi connectivity index (χ2n) is 6.18. The quantitative estimate of drug-likeness (QED) is 0.775. The van der Waals surface area contributed by atoms with Gasteiger partial charge in [0.15, 0.2) is 0 Å². The van der Waals surface area contributed by atoms with Crippen LogP contribution in [0.15, 0.2) is 35.5 Å². The van der Waals surface area contributed by atoms with Gasteiger partial charge in [-0.25, -0.2) is 15.0 Å². The first kappa shape index (κ1) is 15.2. The van der Waals surface area contributed by atoms with Crippen molar-refractivity contribution >= 4 is 22.5 Å². The molecule has 1 aliphatic rings. The fraction of sp³-hybridized carbons (Fsp3) is 0.294. The Kier molecular flexibility index (Phi) is 3.78. The maximum Gasteiger partial charge on any atom is 0.258 e. The first-order valence-electron chi connectivity index (χ1n) is 7.80. The molecule has 6 nitrogen and oxygen atoms in total. The highest BCUT2D eigenvalue weighted by molar-refractivity contribution is 6.31. The highest BCUT2D eigenvalue weighted by Crippen LogP contribution is 2.26. The molecule has 3 aromatic rings. The Morgan fingerprint density at radius 1 is 1.42 bits per heavy atom. The smallest absolute Gasteiger partial charge is 0.258 e. The van der Waals surface area contributed by atoms with E-state index in [0.717, 1.165) is 24.3 Å². The van der Waals surface area contributed by atoms with Gasteiger partial charge in [0.05, 0.1) is 23.1 Å². The average Bonchev–Trinajstić information content (AvgIpc) is 2.54. The first-order chi connectivity index (χ1) is 11.6. The average molecular weight is 342 g/mol. The van der Waals surface area contributed by atoms with E-state index in [-0.39, 0.29) is 5.56 Å².